The van der Waals surface area contributed by atoms with Crippen LogP contribution in [-0.4, -0.2) is 20.6 Å². The zero-order chi connectivity index (χ0) is 17.9. The fourth-order valence-corrected chi connectivity index (χ4v) is 2.64. The van der Waals surface area contributed by atoms with Gasteiger partial charge in [-0.3, -0.25) is 19.6 Å². The molecule has 24 heavy (non-hydrogen) atoms. The van der Waals surface area contributed by atoms with E-state index in [1.807, 2.05) is 32.0 Å². The normalized spacial score (nSPS) is 10.7. The number of aromatic nitrogens is 2. The molecule has 0 aliphatic rings. The Balaban J connectivity index is 1.93. The second kappa shape index (κ2) is 7.25. The van der Waals surface area contributed by atoms with E-state index < -0.39 is 4.92 Å². The first-order valence-corrected chi connectivity index (χ1v) is 7.85. The molecule has 0 unspecified atom stereocenters. The van der Waals surface area contributed by atoms with E-state index in [0.717, 1.165) is 16.8 Å². The molecule has 0 bridgehead atoms. The van der Waals surface area contributed by atoms with Crippen molar-refractivity contribution in [1.82, 2.24) is 9.78 Å². The van der Waals surface area contributed by atoms with Crippen molar-refractivity contribution in [1.29, 1.82) is 0 Å². The summed E-state index contributed by atoms with van der Waals surface area (Å²) >= 11 is 0. The van der Waals surface area contributed by atoms with Crippen LogP contribution in [0.4, 0.5) is 11.4 Å². The Morgan fingerprint density at radius 3 is 2.62 bits per heavy atom. The number of anilines is 1. The number of amides is 1. The summed E-state index contributed by atoms with van der Waals surface area (Å²) in [6.07, 6.45) is 0.898. The predicted molar refractivity (Wildman–Crippen MR) is 92.1 cm³/mol. The molecule has 128 valence electrons. The number of benzene rings is 1. The van der Waals surface area contributed by atoms with Crippen molar-refractivity contribution in [3.63, 3.8) is 0 Å². The number of hydrogen-bond acceptors (Lipinski definition) is 4. The number of nitrogens with zero attached hydrogens (tertiary/aromatic N) is 3. The van der Waals surface area contributed by atoms with Crippen molar-refractivity contribution >= 4 is 17.3 Å². The van der Waals surface area contributed by atoms with Crippen LogP contribution in [0.3, 0.4) is 0 Å². The van der Waals surface area contributed by atoms with Crippen LogP contribution < -0.4 is 5.32 Å². The van der Waals surface area contributed by atoms with Crippen molar-refractivity contribution in [3.05, 3.63) is 50.8 Å². The Labute approximate surface area is 140 Å². The third-order valence-corrected chi connectivity index (χ3v) is 3.97. The van der Waals surface area contributed by atoms with Crippen LogP contribution in [0.1, 0.15) is 35.4 Å². The summed E-state index contributed by atoms with van der Waals surface area (Å²) in [6, 6.07) is 5.91. The predicted octanol–water partition coefficient (Wildman–Crippen LogP) is 3.44. The molecular formula is C17H22N4O3. The highest BCUT2D eigenvalue weighted by Crippen LogP contribution is 2.22. The number of nitro groups is 1. The van der Waals surface area contributed by atoms with Gasteiger partial charge in [-0.1, -0.05) is 12.1 Å². The SMILES string of the molecule is Cc1ccc(C)c(NC(=O)CCCn2nc(C)c([N+](=O)[O-])c2C)c1. The number of hydrogen-bond donors (Lipinski definition) is 1. The maximum atomic E-state index is 12.1. The molecule has 1 N–H and O–H groups in total. The van der Waals surface area contributed by atoms with E-state index in [9.17, 15) is 14.9 Å². The topological polar surface area (TPSA) is 90.1 Å². The molecule has 0 radical (unpaired) electrons. The highest BCUT2D eigenvalue weighted by Gasteiger charge is 2.21. The number of nitrogens with one attached hydrogen (secondary N) is 1. The molecule has 0 saturated carbocycles. The van der Waals surface area contributed by atoms with Crippen LogP contribution >= 0.6 is 0 Å². The van der Waals surface area contributed by atoms with Gasteiger partial charge in [-0.2, -0.15) is 5.10 Å². The molecular weight excluding hydrogens is 308 g/mol. The van der Waals surface area contributed by atoms with Gasteiger partial charge in [-0.05, 0) is 51.3 Å². The Hall–Kier alpha value is -2.70. The van der Waals surface area contributed by atoms with Gasteiger partial charge in [0, 0.05) is 18.7 Å². The molecule has 2 aromatic rings. The zero-order valence-electron chi connectivity index (χ0n) is 14.4. The smallest absolute Gasteiger partial charge is 0.312 e. The van der Waals surface area contributed by atoms with Crippen LogP contribution in [0.25, 0.3) is 0 Å². The average Bonchev–Trinajstić information content (AvgIpc) is 2.77. The van der Waals surface area contributed by atoms with Crippen molar-refractivity contribution in [2.45, 2.75) is 47.1 Å². The molecule has 7 heteroatoms. The van der Waals surface area contributed by atoms with E-state index in [-0.39, 0.29) is 11.6 Å². The highest BCUT2D eigenvalue weighted by molar-refractivity contribution is 5.91. The maximum absolute atomic E-state index is 12.1. The van der Waals surface area contributed by atoms with Gasteiger partial charge < -0.3 is 5.32 Å². The van der Waals surface area contributed by atoms with Crippen molar-refractivity contribution in [3.8, 4) is 0 Å². The molecule has 1 aromatic carbocycles. The van der Waals surface area contributed by atoms with E-state index in [0.29, 0.717) is 30.8 Å². The monoisotopic (exact) mass is 330 g/mol. The molecule has 0 aliphatic heterocycles. The first-order chi connectivity index (χ1) is 11.3. The Kier molecular flexibility index (Phi) is 5.33. The van der Waals surface area contributed by atoms with Gasteiger partial charge in [0.05, 0.1) is 4.92 Å². The third kappa shape index (κ3) is 3.98. The minimum Gasteiger partial charge on any atom is -0.326 e. The lowest BCUT2D eigenvalue weighted by Crippen LogP contribution is -2.14. The molecule has 0 spiro atoms. The summed E-state index contributed by atoms with van der Waals surface area (Å²) < 4.78 is 1.60. The molecule has 7 nitrogen and oxygen atoms in total. The Morgan fingerprint density at radius 2 is 2.00 bits per heavy atom. The van der Waals surface area contributed by atoms with Crippen LogP contribution in [0.15, 0.2) is 18.2 Å². The van der Waals surface area contributed by atoms with Crippen LogP contribution in [0.2, 0.25) is 0 Å². The zero-order valence-corrected chi connectivity index (χ0v) is 14.4. The summed E-state index contributed by atoms with van der Waals surface area (Å²) in [5.41, 5.74) is 3.90. The van der Waals surface area contributed by atoms with Crippen molar-refractivity contribution < 1.29 is 9.72 Å². The number of carbonyl (C=O) groups excluding carboxylic acids is 1. The number of aryl methyl sites for hydroxylation is 4. The molecule has 0 fully saturated rings. The van der Waals surface area contributed by atoms with E-state index in [1.165, 1.54) is 0 Å². The largest absolute Gasteiger partial charge is 0.326 e. The Morgan fingerprint density at radius 1 is 1.29 bits per heavy atom. The lowest BCUT2D eigenvalue weighted by atomic mass is 10.1. The van der Waals surface area contributed by atoms with Crippen LogP contribution in [0, 0.1) is 37.8 Å². The summed E-state index contributed by atoms with van der Waals surface area (Å²) in [4.78, 5) is 22.7. The van der Waals surface area contributed by atoms with E-state index >= 15 is 0 Å². The lowest BCUT2D eigenvalue weighted by Gasteiger charge is -2.09. The number of carbonyl (C=O) groups is 1. The summed E-state index contributed by atoms with van der Waals surface area (Å²) in [6.45, 7) is 7.69. The van der Waals surface area contributed by atoms with Gasteiger partial charge in [0.25, 0.3) is 0 Å². The van der Waals surface area contributed by atoms with E-state index in [1.54, 1.807) is 18.5 Å². The molecule has 1 aromatic heterocycles. The standard InChI is InChI=1S/C17H22N4O3/c1-11-7-8-12(2)15(10-11)18-16(22)6-5-9-20-14(4)17(21(23)24)13(3)19-20/h7-8,10H,5-6,9H2,1-4H3,(H,18,22). The summed E-state index contributed by atoms with van der Waals surface area (Å²) in [7, 11) is 0. The van der Waals surface area contributed by atoms with E-state index in [2.05, 4.69) is 10.4 Å². The summed E-state index contributed by atoms with van der Waals surface area (Å²) in [5, 5.41) is 18.1. The van der Waals surface area contributed by atoms with Gasteiger partial charge in [-0.15, -0.1) is 0 Å². The molecule has 2 rings (SSSR count). The summed E-state index contributed by atoms with van der Waals surface area (Å²) in [5.74, 6) is -0.0697. The maximum Gasteiger partial charge on any atom is 0.312 e. The highest BCUT2D eigenvalue weighted by atomic mass is 16.6. The second-order valence-corrected chi connectivity index (χ2v) is 5.97. The van der Waals surface area contributed by atoms with Crippen LogP contribution in [-0.2, 0) is 11.3 Å². The van der Waals surface area contributed by atoms with Gasteiger partial charge in [-0.25, -0.2) is 0 Å². The van der Waals surface area contributed by atoms with Gasteiger partial charge in [0.15, 0.2) is 0 Å². The lowest BCUT2D eigenvalue weighted by molar-refractivity contribution is -0.386. The first kappa shape index (κ1) is 17.7. The minimum atomic E-state index is -0.415. The van der Waals surface area contributed by atoms with Crippen molar-refractivity contribution in [2.24, 2.45) is 0 Å². The van der Waals surface area contributed by atoms with Crippen molar-refractivity contribution in [2.75, 3.05) is 5.32 Å². The second-order valence-electron chi connectivity index (χ2n) is 5.97. The Bertz CT molecular complexity index is 780. The minimum absolute atomic E-state index is 0.0508. The molecule has 0 aliphatic carbocycles. The van der Waals surface area contributed by atoms with Gasteiger partial charge in [0.1, 0.15) is 11.4 Å². The van der Waals surface area contributed by atoms with Gasteiger partial charge >= 0.3 is 5.69 Å². The third-order valence-electron chi connectivity index (χ3n) is 3.97. The molecule has 0 atom stereocenters. The fraction of sp³-hybridized carbons (Fsp3) is 0.412. The average molecular weight is 330 g/mol. The first-order valence-electron chi connectivity index (χ1n) is 7.85. The van der Waals surface area contributed by atoms with E-state index in [4.69, 9.17) is 0 Å². The molecule has 1 heterocycles. The molecule has 0 saturated heterocycles. The van der Waals surface area contributed by atoms with Crippen LogP contribution in [0.5, 0.6) is 0 Å². The van der Waals surface area contributed by atoms with Gasteiger partial charge in [0.2, 0.25) is 5.91 Å². The number of rotatable bonds is 6. The molecule has 1 amide bonds. The quantitative estimate of drug-likeness (QED) is 0.649. The fourth-order valence-electron chi connectivity index (χ4n) is 2.64.